The van der Waals surface area contributed by atoms with Crippen molar-refractivity contribution in [2.24, 2.45) is 0 Å². The fraction of sp³-hybridized carbons (Fsp3) is 0.545. The number of carboxylic acid groups (broad SMARTS) is 1. The lowest BCUT2D eigenvalue weighted by molar-refractivity contribution is -0.147. The van der Waals surface area contributed by atoms with E-state index in [-0.39, 0.29) is 0 Å². The van der Waals surface area contributed by atoms with Crippen LogP contribution in [0, 0.1) is 0 Å². The van der Waals surface area contributed by atoms with E-state index in [1.807, 2.05) is 0 Å². The average Bonchev–Trinajstić information content (AvgIpc) is 2.74. The van der Waals surface area contributed by atoms with E-state index in [9.17, 15) is 29.7 Å². The maximum Gasteiger partial charge on any atom is 0.337 e. The quantitative estimate of drug-likeness (QED) is 0.325. The highest BCUT2D eigenvalue weighted by Gasteiger charge is 2.44. The van der Waals surface area contributed by atoms with Gasteiger partial charge in [-0.1, -0.05) is 0 Å². The molecule has 1 saturated heterocycles. The molecule has 122 valence electrons. The van der Waals surface area contributed by atoms with Gasteiger partial charge in [0, 0.05) is 6.20 Å². The number of nitrogens with zero attached hydrogens (tertiary/aromatic N) is 1. The third kappa shape index (κ3) is 2.67. The second-order valence-corrected chi connectivity index (χ2v) is 4.72. The molecule has 1 aliphatic rings. The lowest BCUT2D eigenvalue weighted by Gasteiger charge is -2.18. The number of hydrogen-bond acceptors (Lipinski definition) is 8. The lowest BCUT2D eigenvalue weighted by atomic mass is 10.1. The lowest BCUT2D eigenvalue weighted by Crippen LogP contribution is -2.39. The number of aliphatic hydroxyl groups excluding tert-OH is 4. The highest BCUT2D eigenvalue weighted by Crippen LogP contribution is 2.28. The third-order valence-corrected chi connectivity index (χ3v) is 3.32. The minimum absolute atomic E-state index is 0.628. The minimum Gasteiger partial charge on any atom is -0.479 e. The number of carboxylic acids is 1. The van der Waals surface area contributed by atoms with Crippen LogP contribution in [-0.4, -0.2) is 66.0 Å². The smallest absolute Gasteiger partial charge is 0.337 e. The molecule has 1 aliphatic heterocycles. The zero-order chi connectivity index (χ0) is 16.6. The van der Waals surface area contributed by atoms with Gasteiger partial charge in [-0.3, -0.25) is 14.3 Å². The predicted octanol–water partition coefficient (Wildman–Crippen LogP) is -3.73. The number of rotatable bonds is 4. The SMILES string of the molecule is O=C(O)C(O)c1cn(C2OC(CO)C(O)C2O)c(=O)[nH]c1=O. The molecule has 22 heavy (non-hydrogen) atoms. The van der Waals surface area contributed by atoms with E-state index in [0.717, 1.165) is 6.20 Å². The molecule has 0 amide bonds. The van der Waals surface area contributed by atoms with Gasteiger partial charge in [-0.25, -0.2) is 9.59 Å². The highest BCUT2D eigenvalue weighted by atomic mass is 16.6. The number of aromatic nitrogens is 2. The molecule has 0 aliphatic carbocycles. The Bertz CT molecular complexity index is 681. The molecule has 11 nitrogen and oxygen atoms in total. The molecule has 2 rings (SSSR count). The zero-order valence-electron chi connectivity index (χ0n) is 11.0. The Hall–Kier alpha value is -2.05. The fourth-order valence-electron chi connectivity index (χ4n) is 2.13. The van der Waals surface area contributed by atoms with Gasteiger partial charge in [0.2, 0.25) is 0 Å². The highest BCUT2D eigenvalue weighted by molar-refractivity contribution is 5.73. The molecule has 0 spiro atoms. The molecule has 1 aromatic rings. The van der Waals surface area contributed by atoms with Crippen LogP contribution in [-0.2, 0) is 9.53 Å². The third-order valence-electron chi connectivity index (χ3n) is 3.32. The summed E-state index contributed by atoms with van der Waals surface area (Å²) in [6.45, 7) is -0.628. The normalized spacial score (nSPS) is 29.5. The average molecular weight is 318 g/mol. The predicted molar refractivity (Wildman–Crippen MR) is 66.9 cm³/mol. The number of ether oxygens (including phenoxy) is 1. The van der Waals surface area contributed by atoms with Crippen molar-refractivity contribution in [3.8, 4) is 0 Å². The second kappa shape index (κ2) is 5.98. The van der Waals surface area contributed by atoms with E-state index < -0.39 is 60.0 Å². The summed E-state index contributed by atoms with van der Waals surface area (Å²) in [6, 6.07) is 0. The first-order valence-corrected chi connectivity index (χ1v) is 6.16. The number of hydrogen-bond donors (Lipinski definition) is 6. The van der Waals surface area contributed by atoms with Crippen LogP contribution in [0.1, 0.15) is 17.9 Å². The van der Waals surface area contributed by atoms with Crippen LogP contribution in [0.25, 0.3) is 0 Å². The first-order chi connectivity index (χ1) is 10.3. The molecule has 0 aromatic carbocycles. The summed E-state index contributed by atoms with van der Waals surface area (Å²) in [5.74, 6) is -1.71. The number of aromatic amines is 1. The fourth-order valence-corrected chi connectivity index (χ4v) is 2.13. The van der Waals surface area contributed by atoms with Crippen LogP contribution in [0.4, 0.5) is 0 Å². The van der Waals surface area contributed by atoms with E-state index in [0.29, 0.717) is 4.57 Å². The summed E-state index contributed by atoms with van der Waals surface area (Å²) in [5.41, 5.74) is -2.80. The Morgan fingerprint density at radius 2 is 2.00 bits per heavy atom. The number of aliphatic hydroxyl groups is 4. The molecule has 1 fully saturated rings. The van der Waals surface area contributed by atoms with Gasteiger partial charge in [-0.2, -0.15) is 0 Å². The Kier molecular flexibility index (Phi) is 4.44. The Balaban J connectivity index is 2.48. The molecule has 6 N–H and O–H groups in total. The molecular weight excluding hydrogens is 304 g/mol. The molecule has 2 heterocycles. The van der Waals surface area contributed by atoms with E-state index in [2.05, 4.69) is 0 Å². The molecule has 0 radical (unpaired) electrons. The molecule has 5 unspecified atom stereocenters. The standard InChI is InChI=1S/C11H14N2O9/c14-2-4-6(16)7(17)9(22-4)13-1-3(5(15)10(19)20)8(18)12-11(13)21/h1,4-7,9,14-17H,2H2,(H,19,20)(H,12,18,21). The van der Waals surface area contributed by atoms with Crippen LogP contribution in [0.15, 0.2) is 15.8 Å². The second-order valence-electron chi connectivity index (χ2n) is 4.72. The van der Waals surface area contributed by atoms with Gasteiger partial charge in [0.05, 0.1) is 12.2 Å². The number of aliphatic carboxylic acids is 1. The van der Waals surface area contributed by atoms with Crippen LogP contribution in [0.5, 0.6) is 0 Å². The number of H-pyrrole nitrogens is 1. The van der Waals surface area contributed by atoms with Crippen LogP contribution < -0.4 is 11.2 Å². The van der Waals surface area contributed by atoms with Gasteiger partial charge in [-0.15, -0.1) is 0 Å². The van der Waals surface area contributed by atoms with Gasteiger partial charge < -0.3 is 30.3 Å². The maximum atomic E-state index is 11.8. The summed E-state index contributed by atoms with van der Waals surface area (Å²) in [5, 5.41) is 46.6. The summed E-state index contributed by atoms with van der Waals surface area (Å²) in [6.07, 6.45) is -7.17. The minimum atomic E-state index is -2.19. The molecule has 5 atom stereocenters. The van der Waals surface area contributed by atoms with Crippen molar-refractivity contribution in [3.63, 3.8) is 0 Å². The van der Waals surface area contributed by atoms with E-state index >= 15 is 0 Å². The molecule has 0 bridgehead atoms. The van der Waals surface area contributed by atoms with Crippen molar-refractivity contribution < 1.29 is 35.1 Å². The maximum absolute atomic E-state index is 11.8. The zero-order valence-corrected chi connectivity index (χ0v) is 11.0. The Morgan fingerprint density at radius 1 is 1.36 bits per heavy atom. The van der Waals surface area contributed by atoms with Crippen LogP contribution in [0.3, 0.4) is 0 Å². The summed E-state index contributed by atoms with van der Waals surface area (Å²) in [7, 11) is 0. The number of carbonyl (C=O) groups is 1. The van der Waals surface area contributed by atoms with Gasteiger partial charge in [0.15, 0.2) is 12.3 Å². The van der Waals surface area contributed by atoms with E-state index in [1.165, 1.54) is 0 Å². The summed E-state index contributed by atoms with van der Waals surface area (Å²) in [4.78, 5) is 35.8. The summed E-state index contributed by atoms with van der Waals surface area (Å²) >= 11 is 0. The largest absolute Gasteiger partial charge is 0.479 e. The van der Waals surface area contributed by atoms with Crippen LogP contribution in [0.2, 0.25) is 0 Å². The van der Waals surface area contributed by atoms with Crippen molar-refractivity contribution >= 4 is 5.97 Å². The topological polar surface area (TPSA) is 182 Å². The monoisotopic (exact) mass is 318 g/mol. The van der Waals surface area contributed by atoms with E-state index in [1.54, 1.807) is 4.98 Å². The van der Waals surface area contributed by atoms with Crippen molar-refractivity contribution in [1.82, 2.24) is 9.55 Å². The first kappa shape index (κ1) is 16.3. The van der Waals surface area contributed by atoms with Crippen molar-refractivity contribution in [3.05, 3.63) is 32.6 Å². The van der Waals surface area contributed by atoms with Gasteiger partial charge in [0.1, 0.15) is 18.3 Å². The summed E-state index contributed by atoms with van der Waals surface area (Å²) < 4.78 is 5.73. The Labute approximate surface area is 121 Å². The van der Waals surface area contributed by atoms with Gasteiger partial charge >= 0.3 is 11.7 Å². The van der Waals surface area contributed by atoms with Gasteiger partial charge in [-0.05, 0) is 0 Å². The molecule has 1 aromatic heterocycles. The molecular formula is C11H14N2O9. The molecule has 11 heteroatoms. The number of nitrogens with one attached hydrogen (secondary N) is 1. The van der Waals surface area contributed by atoms with Crippen molar-refractivity contribution in [2.45, 2.75) is 30.6 Å². The first-order valence-electron chi connectivity index (χ1n) is 6.16. The van der Waals surface area contributed by atoms with E-state index in [4.69, 9.17) is 14.9 Å². The van der Waals surface area contributed by atoms with Gasteiger partial charge in [0.25, 0.3) is 5.56 Å². The molecule has 0 saturated carbocycles. The van der Waals surface area contributed by atoms with Crippen molar-refractivity contribution in [1.29, 1.82) is 0 Å². The van der Waals surface area contributed by atoms with Crippen LogP contribution >= 0.6 is 0 Å². The van der Waals surface area contributed by atoms with Crippen molar-refractivity contribution in [2.75, 3.05) is 6.61 Å². The Morgan fingerprint density at radius 3 is 2.50 bits per heavy atom.